The number of aryl methyl sites for hydroxylation is 2. The van der Waals surface area contributed by atoms with Crippen molar-refractivity contribution in [3.05, 3.63) is 34.4 Å². The molecule has 0 saturated heterocycles. The Bertz CT molecular complexity index is 413. The van der Waals surface area contributed by atoms with Gasteiger partial charge >= 0.3 is 0 Å². The van der Waals surface area contributed by atoms with Gasteiger partial charge in [-0.1, -0.05) is 6.92 Å². The van der Waals surface area contributed by atoms with E-state index in [-0.39, 0.29) is 5.78 Å². The van der Waals surface area contributed by atoms with Gasteiger partial charge in [0.05, 0.1) is 11.6 Å². The number of Topliss-reactive ketones (excluding diaryl/α,β-unsaturated/α-hetero) is 1. The highest BCUT2D eigenvalue weighted by molar-refractivity contribution is 5.95. The standard InChI is InChI=1S/C12H13NO/c1-4-10-6-12(9(3)14)8(2)5-11(10)7-13/h5-6H,4H2,1-3H3. The van der Waals surface area contributed by atoms with Crippen LogP contribution in [0.5, 0.6) is 0 Å². The third-order valence-electron chi connectivity index (χ3n) is 2.33. The summed E-state index contributed by atoms with van der Waals surface area (Å²) in [5.74, 6) is 0.0571. The van der Waals surface area contributed by atoms with Crippen molar-refractivity contribution >= 4 is 5.78 Å². The van der Waals surface area contributed by atoms with Gasteiger partial charge in [-0.05, 0) is 43.5 Å². The first kappa shape index (κ1) is 10.5. The van der Waals surface area contributed by atoms with Gasteiger partial charge in [-0.3, -0.25) is 4.79 Å². The molecule has 0 saturated carbocycles. The summed E-state index contributed by atoms with van der Waals surface area (Å²) in [5.41, 5.74) is 3.23. The molecule has 0 amide bonds. The fraction of sp³-hybridized carbons (Fsp3) is 0.333. The lowest BCUT2D eigenvalue weighted by Gasteiger charge is -2.06. The fourth-order valence-corrected chi connectivity index (χ4v) is 1.53. The van der Waals surface area contributed by atoms with Crippen molar-refractivity contribution in [2.45, 2.75) is 27.2 Å². The molecule has 0 aliphatic rings. The molecule has 0 aromatic heterocycles. The molecule has 0 atom stereocenters. The highest BCUT2D eigenvalue weighted by Gasteiger charge is 2.08. The Morgan fingerprint density at radius 1 is 1.50 bits per heavy atom. The van der Waals surface area contributed by atoms with Crippen LogP contribution in [0.15, 0.2) is 12.1 Å². The summed E-state index contributed by atoms with van der Waals surface area (Å²) >= 11 is 0. The Morgan fingerprint density at radius 3 is 2.57 bits per heavy atom. The Kier molecular flexibility index (Phi) is 3.03. The predicted octanol–water partition coefficient (Wildman–Crippen LogP) is 2.63. The second-order valence-corrected chi connectivity index (χ2v) is 3.35. The monoisotopic (exact) mass is 187 g/mol. The van der Waals surface area contributed by atoms with Gasteiger partial charge in [0.25, 0.3) is 0 Å². The average Bonchev–Trinajstić information content (AvgIpc) is 2.16. The molecule has 0 bridgehead atoms. The van der Waals surface area contributed by atoms with Gasteiger partial charge in [0.2, 0.25) is 0 Å². The van der Waals surface area contributed by atoms with Crippen molar-refractivity contribution in [2.75, 3.05) is 0 Å². The normalized spacial score (nSPS) is 9.57. The Morgan fingerprint density at radius 2 is 2.14 bits per heavy atom. The number of hydrogen-bond acceptors (Lipinski definition) is 2. The number of nitriles is 1. The third kappa shape index (κ3) is 1.82. The quantitative estimate of drug-likeness (QED) is 0.668. The molecular weight excluding hydrogens is 174 g/mol. The summed E-state index contributed by atoms with van der Waals surface area (Å²) in [7, 11) is 0. The molecule has 1 aromatic carbocycles. The van der Waals surface area contributed by atoms with E-state index in [0.29, 0.717) is 5.56 Å². The zero-order chi connectivity index (χ0) is 10.7. The van der Waals surface area contributed by atoms with E-state index in [9.17, 15) is 4.79 Å². The van der Waals surface area contributed by atoms with Gasteiger partial charge in [-0.15, -0.1) is 0 Å². The van der Waals surface area contributed by atoms with Crippen LogP contribution in [0.2, 0.25) is 0 Å². The Balaban J connectivity index is 3.39. The summed E-state index contributed by atoms with van der Waals surface area (Å²) in [6, 6.07) is 5.76. The lowest BCUT2D eigenvalue weighted by molar-refractivity contribution is 0.101. The van der Waals surface area contributed by atoms with Crippen LogP contribution < -0.4 is 0 Å². The van der Waals surface area contributed by atoms with Gasteiger partial charge in [0.15, 0.2) is 5.78 Å². The van der Waals surface area contributed by atoms with E-state index < -0.39 is 0 Å². The van der Waals surface area contributed by atoms with Gasteiger partial charge < -0.3 is 0 Å². The molecule has 0 radical (unpaired) electrons. The molecule has 0 aliphatic heterocycles. The molecule has 14 heavy (non-hydrogen) atoms. The predicted molar refractivity (Wildman–Crippen MR) is 55.3 cm³/mol. The van der Waals surface area contributed by atoms with Gasteiger partial charge in [0.1, 0.15) is 0 Å². The van der Waals surface area contributed by atoms with Crippen LogP contribution in [0, 0.1) is 18.3 Å². The average molecular weight is 187 g/mol. The first-order chi connectivity index (χ1) is 6.60. The molecule has 72 valence electrons. The van der Waals surface area contributed by atoms with Gasteiger partial charge in [0, 0.05) is 5.56 Å². The fourth-order valence-electron chi connectivity index (χ4n) is 1.53. The van der Waals surface area contributed by atoms with Crippen molar-refractivity contribution in [1.29, 1.82) is 5.26 Å². The maximum absolute atomic E-state index is 11.3. The second kappa shape index (κ2) is 4.06. The van der Waals surface area contributed by atoms with E-state index in [2.05, 4.69) is 6.07 Å². The number of carbonyl (C=O) groups is 1. The molecule has 0 heterocycles. The molecule has 2 heteroatoms. The molecule has 0 N–H and O–H groups in total. The zero-order valence-electron chi connectivity index (χ0n) is 8.72. The van der Waals surface area contributed by atoms with E-state index in [1.807, 2.05) is 19.9 Å². The van der Waals surface area contributed by atoms with E-state index in [1.165, 1.54) is 0 Å². The molecule has 0 spiro atoms. The van der Waals surface area contributed by atoms with Gasteiger partial charge in [-0.25, -0.2) is 0 Å². The first-order valence-electron chi connectivity index (χ1n) is 4.64. The lowest BCUT2D eigenvalue weighted by atomic mass is 9.96. The number of ketones is 1. The minimum atomic E-state index is 0.0571. The van der Waals surface area contributed by atoms with Crippen molar-refractivity contribution < 1.29 is 4.79 Å². The number of nitrogens with zero attached hydrogens (tertiary/aromatic N) is 1. The molecule has 1 aromatic rings. The van der Waals surface area contributed by atoms with Crippen molar-refractivity contribution in [3.63, 3.8) is 0 Å². The minimum absolute atomic E-state index is 0.0571. The molecule has 0 aliphatic carbocycles. The Hall–Kier alpha value is -1.62. The number of carbonyl (C=O) groups excluding carboxylic acids is 1. The SMILES string of the molecule is CCc1cc(C(C)=O)c(C)cc1C#N. The number of benzene rings is 1. The van der Waals surface area contributed by atoms with E-state index in [1.54, 1.807) is 13.0 Å². The zero-order valence-corrected chi connectivity index (χ0v) is 8.72. The van der Waals surface area contributed by atoms with Crippen LogP contribution in [0.4, 0.5) is 0 Å². The molecule has 0 fully saturated rings. The highest BCUT2D eigenvalue weighted by Crippen LogP contribution is 2.17. The summed E-state index contributed by atoms with van der Waals surface area (Å²) in [5, 5.41) is 8.87. The smallest absolute Gasteiger partial charge is 0.160 e. The van der Waals surface area contributed by atoms with Crippen molar-refractivity contribution in [1.82, 2.24) is 0 Å². The number of hydrogen-bond donors (Lipinski definition) is 0. The van der Waals surface area contributed by atoms with Crippen LogP contribution >= 0.6 is 0 Å². The maximum atomic E-state index is 11.3. The van der Waals surface area contributed by atoms with Gasteiger partial charge in [-0.2, -0.15) is 5.26 Å². The second-order valence-electron chi connectivity index (χ2n) is 3.35. The number of rotatable bonds is 2. The van der Waals surface area contributed by atoms with Crippen LogP contribution in [0.25, 0.3) is 0 Å². The first-order valence-corrected chi connectivity index (χ1v) is 4.64. The highest BCUT2D eigenvalue weighted by atomic mass is 16.1. The third-order valence-corrected chi connectivity index (χ3v) is 2.33. The van der Waals surface area contributed by atoms with Crippen LogP contribution in [-0.2, 0) is 6.42 Å². The molecular formula is C12H13NO. The maximum Gasteiger partial charge on any atom is 0.160 e. The Labute approximate surface area is 84.2 Å². The molecule has 1 rings (SSSR count). The lowest BCUT2D eigenvalue weighted by Crippen LogP contribution is -2.00. The van der Waals surface area contributed by atoms with Crippen molar-refractivity contribution in [3.8, 4) is 6.07 Å². The molecule has 0 unspecified atom stereocenters. The summed E-state index contributed by atoms with van der Waals surface area (Å²) in [6.07, 6.45) is 0.781. The van der Waals surface area contributed by atoms with E-state index in [4.69, 9.17) is 5.26 Å². The topological polar surface area (TPSA) is 40.9 Å². The van der Waals surface area contributed by atoms with E-state index in [0.717, 1.165) is 23.1 Å². The largest absolute Gasteiger partial charge is 0.295 e. The summed E-state index contributed by atoms with van der Waals surface area (Å²) in [4.78, 5) is 11.3. The minimum Gasteiger partial charge on any atom is -0.295 e. The van der Waals surface area contributed by atoms with E-state index >= 15 is 0 Å². The van der Waals surface area contributed by atoms with Crippen LogP contribution in [0.3, 0.4) is 0 Å². The van der Waals surface area contributed by atoms with Crippen LogP contribution in [-0.4, -0.2) is 5.78 Å². The summed E-state index contributed by atoms with van der Waals surface area (Å²) in [6.45, 7) is 5.39. The summed E-state index contributed by atoms with van der Waals surface area (Å²) < 4.78 is 0. The van der Waals surface area contributed by atoms with Crippen molar-refractivity contribution in [2.24, 2.45) is 0 Å². The van der Waals surface area contributed by atoms with Crippen LogP contribution in [0.1, 0.15) is 40.9 Å². The molecule has 2 nitrogen and oxygen atoms in total.